The van der Waals surface area contributed by atoms with Crippen molar-refractivity contribution in [2.75, 3.05) is 20.2 Å². The van der Waals surface area contributed by atoms with Crippen LogP contribution in [0.3, 0.4) is 0 Å². The lowest BCUT2D eigenvalue weighted by atomic mass is 9.99. The van der Waals surface area contributed by atoms with Crippen LogP contribution in [0.4, 0.5) is 4.39 Å². The van der Waals surface area contributed by atoms with E-state index in [9.17, 15) is 9.50 Å². The van der Waals surface area contributed by atoms with Gasteiger partial charge in [-0.25, -0.2) is 4.39 Å². The molecule has 82 valence electrons. The predicted octanol–water partition coefficient (Wildman–Crippen LogP) is 1.01. The zero-order valence-corrected chi connectivity index (χ0v) is 8.59. The number of ether oxygens (including phenoxy) is 1. The minimum absolute atomic E-state index is 0.341. The van der Waals surface area contributed by atoms with Gasteiger partial charge in [-0.3, -0.25) is 0 Å². The number of fused-ring (bicyclic) bond motifs is 1. The third-order valence-corrected chi connectivity index (χ3v) is 2.60. The van der Waals surface area contributed by atoms with Crippen molar-refractivity contribution >= 4 is 0 Å². The van der Waals surface area contributed by atoms with E-state index in [0.29, 0.717) is 30.9 Å². The second-order valence-electron chi connectivity index (χ2n) is 3.61. The molecule has 2 rings (SSSR count). The highest BCUT2D eigenvalue weighted by atomic mass is 19.1. The molecule has 1 aliphatic rings. The SMILES string of the molecule is CNCC(O)c1c(F)ccc2c1CCO2. The van der Waals surface area contributed by atoms with Crippen molar-refractivity contribution in [2.45, 2.75) is 12.5 Å². The summed E-state index contributed by atoms with van der Waals surface area (Å²) in [7, 11) is 1.72. The number of benzene rings is 1. The molecule has 0 aliphatic carbocycles. The third-order valence-electron chi connectivity index (χ3n) is 2.60. The Hall–Kier alpha value is -1.13. The molecule has 0 aromatic heterocycles. The lowest BCUT2D eigenvalue weighted by Gasteiger charge is -2.14. The minimum atomic E-state index is -0.813. The summed E-state index contributed by atoms with van der Waals surface area (Å²) in [6.45, 7) is 0.908. The van der Waals surface area contributed by atoms with E-state index in [1.807, 2.05) is 0 Å². The smallest absolute Gasteiger partial charge is 0.129 e. The lowest BCUT2D eigenvalue weighted by molar-refractivity contribution is 0.172. The van der Waals surface area contributed by atoms with Crippen molar-refractivity contribution in [1.82, 2.24) is 5.32 Å². The molecule has 0 fully saturated rings. The summed E-state index contributed by atoms with van der Waals surface area (Å²) in [5.74, 6) is 0.337. The summed E-state index contributed by atoms with van der Waals surface area (Å²) >= 11 is 0. The van der Waals surface area contributed by atoms with E-state index in [-0.39, 0.29) is 5.82 Å². The lowest BCUT2D eigenvalue weighted by Crippen LogP contribution is -2.18. The Morgan fingerprint density at radius 2 is 2.40 bits per heavy atom. The number of rotatable bonds is 3. The van der Waals surface area contributed by atoms with E-state index < -0.39 is 6.10 Å². The molecular formula is C11H14FNO2. The fourth-order valence-corrected chi connectivity index (χ4v) is 1.93. The van der Waals surface area contributed by atoms with E-state index in [1.54, 1.807) is 13.1 Å². The van der Waals surface area contributed by atoms with Gasteiger partial charge in [0, 0.05) is 24.1 Å². The molecule has 1 aromatic rings. The van der Waals surface area contributed by atoms with Gasteiger partial charge in [0.25, 0.3) is 0 Å². The average molecular weight is 211 g/mol. The topological polar surface area (TPSA) is 41.5 Å². The van der Waals surface area contributed by atoms with Gasteiger partial charge in [0.2, 0.25) is 0 Å². The fraction of sp³-hybridized carbons (Fsp3) is 0.455. The molecule has 1 unspecified atom stereocenters. The highest BCUT2D eigenvalue weighted by Gasteiger charge is 2.23. The van der Waals surface area contributed by atoms with Gasteiger partial charge in [0.05, 0.1) is 12.7 Å². The number of nitrogens with one attached hydrogen (secondary N) is 1. The normalized spacial score (nSPS) is 15.9. The molecule has 3 nitrogen and oxygen atoms in total. The van der Waals surface area contributed by atoms with Gasteiger partial charge >= 0.3 is 0 Å². The maximum Gasteiger partial charge on any atom is 0.129 e. The van der Waals surface area contributed by atoms with Gasteiger partial charge in [-0.15, -0.1) is 0 Å². The first kappa shape index (κ1) is 10.4. The summed E-state index contributed by atoms with van der Waals surface area (Å²) in [5, 5.41) is 12.6. The van der Waals surface area contributed by atoms with Gasteiger partial charge in [-0.1, -0.05) is 0 Å². The predicted molar refractivity (Wildman–Crippen MR) is 54.5 cm³/mol. The molecule has 1 aromatic carbocycles. The van der Waals surface area contributed by atoms with E-state index in [1.165, 1.54) is 6.07 Å². The van der Waals surface area contributed by atoms with Crippen LogP contribution >= 0.6 is 0 Å². The van der Waals surface area contributed by atoms with Crippen LogP contribution in [0, 0.1) is 5.82 Å². The van der Waals surface area contributed by atoms with Crippen LogP contribution in [-0.2, 0) is 6.42 Å². The average Bonchev–Trinajstić information content (AvgIpc) is 2.65. The Morgan fingerprint density at radius 1 is 1.60 bits per heavy atom. The van der Waals surface area contributed by atoms with Crippen molar-refractivity contribution in [3.63, 3.8) is 0 Å². The van der Waals surface area contributed by atoms with Crippen molar-refractivity contribution in [3.8, 4) is 5.75 Å². The van der Waals surface area contributed by atoms with E-state index >= 15 is 0 Å². The Bertz CT molecular complexity index is 368. The molecular weight excluding hydrogens is 197 g/mol. The molecule has 15 heavy (non-hydrogen) atoms. The van der Waals surface area contributed by atoms with Crippen LogP contribution in [-0.4, -0.2) is 25.3 Å². The molecule has 0 spiro atoms. The number of hydrogen-bond donors (Lipinski definition) is 2. The van der Waals surface area contributed by atoms with Crippen molar-refractivity contribution in [1.29, 1.82) is 0 Å². The van der Waals surface area contributed by atoms with Gasteiger partial charge in [0.1, 0.15) is 11.6 Å². The zero-order chi connectivity index (χ0) is 10.8. The van der Waals surface area contributed by atoms with Crippen molar-refractivity contribution in [3.05, 3.63) is 29.1 Å². The number of hydrogen-bond acceptors (Lipinski definition) is 3. The van der Waals surface area contributed by atoms with Crippen LogP contribution in [0.2, 0.25) is 0 Å². The van der Waals surface area contributed by atoms with Crippen LogP contribution in [0.1, 0.15) is 17.2 Å². The Morgan fingerprint density at radius 3 is 3.13 bits per heavy atom. The molecule has 0 saturated heterocycles. The van der Waals surface area contributed by atoms with Crippen molar-refractivity contribution in [2.24, 2.45) is 0 Å². The maximum absolute atomic E-state index is 13.6. The number of halogens is 1. The van der Waals surface area contributed by atoms with E-state index in [2.05, 4.69) is 5.32 Å². The monoisotopic (exact) mass is 211 g/mol. The maximum atomic E-state index is 13.6. The molecule has 0 amide bonds. The summed E-state index contributed by atoms with van der Waals surface area (Å²) in [6, 6.07) is 2.96. The van der Waals surface area contributed by atoms with E-state index in [4.69, 9.17) is 4.74 Å². The fourth-order valence-electron chi connectivity index (χ4n) is 1.93. The second-order valence-corrected chi connectivity index (χ2v) is 3.61. The molecule has 1 atom stereocenters. The van der Waals surface area contributed by atoms with Crippen LogP contribution in [0.15, 0.2) is 12.1 Å². The first-order valence-electron chi connectivity index (χ1n) is 5.00. The summed E-state index contributed by atoms with van der Waals surface area (Å²) < 4.78 is 18.9. The Kier molecular flexibility index (Phi) is 2.88. The minimum Gasteiger partial charge on any atom is -0.493 e. The number of aliphatic hydroxyl groups excluding tert-OH is 1. The highest BCUT2D eigenvalue weighted by Crippen LogP contribution is 2.33. The number of aliphatic hydroxyl groups is 1. The summed E-state index contributed by atoms with van der Waals surface area (Å²) in [6.07, 6.45) is -0.143. The standard InChI is InChI=1S/C11H14FNO2/c1-13-6-9(14)11-7-4-5-15-10(7)3-2-8(11)12/h2-3,9,13-14H,4-6H2,1H3. The van der Waals surface area contributed by atoms with Crippen molar-refractivity contribution < 1.29 is 14.2 Å². The molecule has 2 N–H and O–H groups in total. The second kappa shape index (κ2) is 4.16. The zero-order valence-electron chi connectivity index (χ0n) is 8.59. The molecule has 4 heteroatoms. The number of likely N-dealkylation sites (N-methyl/N-ethyl adjacent to an activating group) is 1. The molecule has 0 saturated carbocycles. The van der Waals surface area contributed by atoms with Gasteiger partial charge in [0.15, 0.2) is 0 Å². The van der Waals surface area contributed by atoms with Crippen LogP contribution in [0.5, 0.6) is 5.75 Å². The first-order valence-corrected chi connectivity index (χ1v) is 5.00. The van der Waals surface area contributed by atoms with Crippen LogP contribution < -0.4 is 10.1 Å². The van der Waals surface area contributed by atoms with Gasteiger partial charge in [-0.2, -0.15) is 0 Å². The van der Waals surface area contributed by atoms with Gasteiger partial charge < -0.3 is 15.2 Å². The first-order chi connectivity index (χ1) is 7.24. The summed E-state index contributed by atoms with van der Waals surface area (Å²) in [5.41, 5.74) is 1.18. The summed E-state index contributed by atoms with van der Waals surface area (Å²) in [4.78, 5) is 0. The largest absolute Gasteiger partial charge is 0.493 e. The third kappa shape index (κ3) is 1.82. The van der Waals surface area contributed by atoms with Crippen LogP contribution in [0.25, 0.3) is 0 Å². The quantitative estimate of drug-likeness (QED) is 0.784. The molecule has 0 radical (unpaired) electrons. The molecule has 0 bridgehead atoms. The van der Waals surface area contributed by atoms with E-state index in [0.717, 1.165) is 5.56 Å². The Balaban J connectivity index is 2.40. The Labute approximate surface area is 87.9 Å². The van der Waals surface area contributed by atoms with Gasteiger partial charge in [-0.05, 0) is 19.2 Å². The molecule has 1 aliphatic heterocycles. The highest BCUT2D eigenvalue weighted by molar-refractivity contribution is 5.44. The molecule has 1 heterocycles.